The van der Waals surface area contributed by atoms with Gasteiger partial charge in [0.1, 0.15) is 11.6 Å². The largest absolute Gasteiger partial charge is 0.294 e. The van der Waals surface area contributed by atoms with Gasteiger partial charge < -0.3 is 0 Å². The summed E-state index contributed by atoms with van der Waals surface area (Å²) in [6, 6.07) is 6.64. The van der Waals surface area contributed by atoms with E-state index in [9.17, 15) is 13.6 Å². The number of Topliss-reactive ketones (excluding diaryl/α,β-unsaturated/α-hetero) is 1. The summed E-state index contributed by atoms with van der Waals surface area (Å²) in [6.07, 6.45) is 2.43. The van der Waals surface area contributed by atoms with Gasteiger partial charge in [0.2, 0.25) is 0 Å². The maximum Gasteiger partial charge on any atom is 0.167 e. The normalized spacial score (nSPS) is 10.2. The summed E-state index contributed by atoms with van der Waals surface area (Å²) in [4.78, 5) is 15.4. The van der Waals surface area contributed by atoms with Gasteiger partial charge in [0.25, 0.3) is 0 Å². The van der Waals surface area contributed by atoms with Gasteiger partial charge >= 0.3 is 0 Å². The van der Waals surface area contributed by atoms with Gasteiger partial charge in [-0.05, 0) is 35.9 Å². The van der Waals surface area contributed by atoms with Crippen molar-refractivity contribution in [3.8, 4) is 0 Å². The molecule has 1 heterocycles. The van der Waals surface area contributed by atoms with Gasteiger partial charge in [-0.1, -0.05) is 0 Å². The Labute approximate surface area is 96.9 Å². The first-order chi connectivity index (χ1) is 8.16. The summed E-state index contributed by atoms with van der Waals surface area (Å²) in [5.74, 6) is -1.17. The standard InChI is InChI=1S/C13H9F2NO/c14-11-3-1-9(2-4-11)13(17)7-10-5-6-16-8-12(10)15/h1-6,8H,7H2. The molecule has 86 valence electrons. The van der Waals surface area contributed by atoms with E-state index in [0.29, 0.717) is 5.56 Å². The molecule has 0 amide bonds. The number of hydrogen-bond acceptors (Lipinski definition) is 2. The molecule has 0 aliphatic rings. The van der Waals surface area contributed by atoms with Crippen LogP contribution in [0.25, 0.3) is 0 Å². The summed E-state index contributed by atoms with van der Waals surface area (Å²) < 4.78 is 25.9. The fraction of sp³-hybridized carbons (Fsp3) is 0.0769. The summed E-state index contributed by atoms with van der Waals surface area (Å²) >= 11 is 0. The van der Waals surface area contributed by atoms with Crippen molar-refractivity contribution in [1.82, 2.24) is 4.98 Å². The molecule has 17 heavy (non-hydrogen) atoms. The van der Waals surface area contributed by atoms with Crippen molar-refractivity contribution in [2.45, 2.75) is 6.42 Å². The van der Waals surface area contributed by atoms with E-state index in [1.165, 1.54) is 36.5 Å². The fourth-order valence-corrected chi connectivity index (χ4v) is 1.46. The number of carbonyl (C=O) groups is 1. The molecule has 0 bridgehead atoms. The molecule has 1 aromatic heterocycles. The number of benzene rings is 1. The topological polar surface area (TPSA) is 30.0 Å². The number of halogens is 2. The minimum atomic E-state index is -0.511. The Balaban J connectivity index is 2.17. The summed E-state index contributed by atoms with van der Waals surface area (Å²) in [7, 11) is 0. The van der Waals surface area contributed by atoms with Crippen LogP contribution in [0.5, 0.6) is 0 Å². The van der Waals surface area contributed by atoms with Crippen molar-refractivity contribution < 1.29 is 13.6 Å². The second-order valence-electron chi connectivity index (χ2n) is 3.57. The highest BCUT2D eigenvalue weighted by Crippen LogP contribution is 2.10. The molecule has 2 rings (SSSR count). The van der Waals surface area contributed by atoms with E-state index in [-0.39, 0.29) is 17.8 Å². The molecule has 0 atom stereocenters. The smallest absolute Gasteiger partial charge is 0.167 e. The van der Waals surface area contributed by atoms with E-state index in [4.69, 9.17) is 0 Å². The number of hydrogen-bond donors (Lipinski definition) is 0. The van der Waals surface area contributed by atoms with Gasteiger partial charge in [-0.3, -0.25) is 9.78 Å². The lowest BCUT2D eigenvalue weighted by atomic mass is 10.0. The van der Waals surface area contributed by atoms with Crippen LogP contribution in [-0.4, -0.2) is 10.8 Å². The molecule has 0 aliphatic carbocycles. The average Bonchev–Trinajstić information content (AvgIpc) is 2.33. The van der Waals surface area contributed by atoms with Crippen LogP contribution in [0.1, 0.15) is 15.9 Å². The van der Waals surface area contributed by atoms with Gasteiger partial charge in [0.15, 0.2) is 5.78 Å². The first kappa shape index (κ1) is 11.4. The van der Waals surface area contributed by atoms with Crippen LogP contribution >= 0.6 is 0 Å². The number of nitrogens with zero attached hydrogens (tertiary/aromatic N) is 1. The molecule has 0 aliphatic heterocycles. The van der Waals surface area contributed by atoms with Crippen molar-refractivity contribution in [3.05, 3.63) is 65.5 Å². The molecule has 2 aromatic rings. The Morgan fingerprint density at radius 2 is 1.82 bits per heavy atom. The van der Waals surface area contributed by atoms with E-state index in [1.807, 2.05) is 0 Å². The SMILES string of the molecule is O=C(Cc1ccncc1F)c1ccc(F)cc1. The second-order valence-corrected chi connectivity index (χ2v) is 3.57. The van der Waals surface area contributed by atoms with Crippen LogP contribution < -0.4 is 0 Å². The van der Waals surface area contributed by atoms with Crippen molar-refractivity contribution in [2.75, 3.05) is 0 Å². The van der Waals surface area contributed by atoms with Crippen LogP contribution in [-0.2, 0) is 6.42 Å². The van der Waals surface area contributed by atoms with Crippen molar-refractivity contribution in [3.63, 3.8) is 0 Å². The number of carbonyl (C=O) groups excluding carboxylic acids is 1. The molecule has 0 radical (unpaired) electrons. The third-order valence-corrected chi connectivity index (χ3v) is 2.37. The van der Waals surface area contributed by atoms with Gasteiger partial charge in [-0.25, -0.2) is 8.78 Å². The van der Waals surface area contributed by atoms with Gasteiger partial charge in [-0.15, -0.1) is 0 Å². The highest BCUT2D eigenvalue weighted by Gasteiger charge is 2.10. The lowest BCUT2D eigenvalue weighted by Gasteiger charge is -2.02. The average molecular weight is 233 g/mol. The third-order valence-electron chi connectivity index (χ3n) is 2.37. The molecule has 2 nitrogen and oxygen atoms in total. The maximum absolute atomic E-state index is 13.3. The Kier molecular flexibility index (Phi) is 3.23. The van der Waals surface area contributed by atoms with E-state index < -0.39 is 11.6 Å². The van der Waals surface area contributed by atoms with Gasteiger partial charge in [-0.2, -0.15) is 0 Å². The lowest BCUT2D eigenvalue weighted by molar-refractivity contribution is 0.0992. The van der Waals surface area contributed by atoms with Crippen LogP contribution in [0.2, 0.25) is 0 Å². The second kappa shape index (κ2) is 4.82. The minimum absolute atomic E-state index is 0.0556. The fourth-order valence-electron chi connectivity index (χ4n) is 1.46. The van der Waals surface area contributed by atoms with E-state index in [1.54, 1.807) is 0 Å². The van der Waals surface area contributed by atoms with E-state index >= 15 is 0 Å². The van der Waals surface area contributed by atoms with Gasteiger partial charge in [0, 0.05) is 18.2 Å². The molecule has 0 spiro atoms. The predicted molar refractivity (Wildman–Crippen MR) is 58.6 cm³/mol. The molecule has 0 N–H and O–H groups in total. The van der Waals surface area contributed by atoms with Crippen molar-refractivity contribution >= 4 is 5.78 Å². The molecule has 4 heteroatoms. The van der Waals surface area contributed by atoms with Crippen LogP contribution in [0, 0.1) is 11.6 Å². The van der Waals surface area contributed by atoms with E-state index in [0.717, 1.165) is 6.20 Å². The van der Waals surface area contributed by atoms with E-state index in [2.05, 4.69) is 4.98 Å². The zero-order valence-corrected chi connectivity index (χ0v) is 8.86. The lowest BCUT2D eigenvalue weighted by Crippen LogP contribution is -2.05. The molecular weight excluding hydrogens is 224 g/mol. The first-order valence-corrected chi connectivity index (χ1v) is 5.04. The van der Waals surface area contributed by atoms with Crippen molar-refractivity contribution in [1.29, 1.82) is 0 Å². The zero-order chi connectivity index (χ0) is 12.3. The van der Waals surface area contributed by atoms with Gasteiger partial charge in [0.05, 0.1) is 6.20 Å². The molecule has 1 aromatic carbocycles. The number of rotatable bonds is 3. The predicted octanol–water partition coefficient (Wildman–Crippen LogP) is 2.79. The summed E-state index contributed by atoms with van der Waals surface area (Å²) in [5, 5.41) is 0. The molecule has 0 fully saturated rings. The number of aromatic nitrogens is 1. The highest BCUT2D eigenvalue weighted by molar-refractivity contribution is 5.97. The maximum atomic E-state index is 13.3. The van der Waals surface area contributed by atoms with Crippen LogP contribution in [0.4, 0.5) is 8.78 Å². The Hall–Kier alpha value is -2.10. The van der Waals surface area contributed by atoms with Crippen LogP contribution in [0.3, 0.4) is 0 Å². The Bertz CT molecular complexity index is 537. The molecule has 0 unspecified atom stereocenters. The number of pyridine rings is 1. The third kappa shape index (κ3) is 2.72. The minimum Gasteiger partial charge on any atom is -0.294 e. The van der Waals surface area contributed by atoms with Crippen LogP contribution in [0.15, 0.2) is 42.7 Å². The monoisotopic (exact) mass is 233 g/mol. The summed E-state index contributed by atoms with van der Waals surface area (Å²) in [6.45, 7) is 0. The molecular formula is C13H9F2NO. The molecule has 0 saturated heterocycles. The highest BCUT2D eigenvalue weighted by atomic mass is 19.1. The zero-order valence-electron chi connectivity index (χ0n) is 8.86. The first-order valence-electron chi connectivity index (χ1n) is 5.04. The Morgan fingerprint density at radius 1 is 1.12 bits per heavy atom. The molecule has 0 saturated carbocycles. The van der Waals surface area contributed by atoms with Crippen molar-refractivity contribution in [2.24, 2.45) is 0 Å². The number of ketones is 1. The summed E-state index contributed by atoms with van der Waals surface area (Å²) in [5.41, 5.74) is 0.650. The Morgan fingerprint density at radius 3 is 2.47 bits per heavy atom. The quantitative estimate of drug-likeness (QED) is 0.763.